The summed E-state index contributed by atoms with van der Waals surface area (Å²) in [6.07, 6.45) is 1.54. The first-order valence-electron chi connectivity index (χ1n) is 11.7. The number of aliphatic imine (C=N–C) groups is 1. The van der Waals surface area contributed by atoms with E-state index >= 15 is 0 Å². The summed E-state index contributed by atoms with van der Waals surface area (Å²) in [5, 5.41) is 13.1. The lowest BCUT2D eigenvalue weighted by atomic mass is 10.1. The number of thioether (sulfide) groups is 1. The predicted octanol–water partition coefficient (Wildman–Crippen LogP) is 5.03. The highest BCUT2D eigenvalue weighted by Gasteiger charge is 2.32. The Morgan fingerprint density at radius 3 is 2.51 bits per heavy atom. The number of anilines is 1. The number of rotatable bonds is 10. The van der Waals surface area contributed by atoms with Crippen LogP contribution < -0.4 is 19.7 Å². The second-order valence-electron chi connectivity index (χ2n) is 8.49. The van der Waals surface area contributed by atoms with E-state index < -0.39 is 12.5 Å². The fourth-order valence-electron chi connectivity index (χ4n) is 3.24. The van der Waals surface area contributed by atoms with Gasteiger partial charge in [-0.15, -0.1) is 0 Å². The predicted molar refractivity (Wildman–Crippen MR) is 140 cm³/mol. The fraction of sp³-hybridized carbons (Fsp3) is 0.346. The van der Waals surface area contributed by atoms with Crippen molar-refractivity contribution >= 4 is 40.5 Å². The van der Waals surface area contributed by atoms with Crippen molar-refractivity contribution in [2.24, 2.45) is 10.9 Å². The maximum absolute atomic E-state index is 13.4. The maximum atomic E-state index is 13.4. The smallest absolute Gasteiger partial charge is 0.387 e. The van der Waals surface area contributed by atoms with Gasteiger partial charge in [-0.25, -0.2) is 4.99 Å². The van der Waals surface area contributed by atoms with Crippen LogP contribution in [0.1, 0.15) is 33.3 Å². The van der Waals surface area contributed by atoms with Gasteiger partial charge in [-0.2, -0.15) is 8.78 Å². The molecule has 198 valence electrons. The minimum atomic E-state index is -2.97. The summed E-state index contributed by atoms with van der Waals surface area (Å²) in [7, 11) is 0. The highest BCUT2D eigenvalue weighted by molar-refractivity contribution is 8.14. The number of amidine groups is 1. The third-order valence-corrected chi connectivity index (χ3v) is 6.40. The van der Waals surface area contributed by atoms with Gasteiger partial charge in [-0.1, -0.05) is 31.7 Å². The Morgan fingerprint density at radius 2 is 1.89 bits per heavy atom. The minimum Gasteiger partial charge on any atom is -0.504 e. The molecule has 1 heterocycles. The van der Waals surface area contributed by atoms with Gasteiger partial charge >= 0.3 is 6.61 Å². The Bertz CT molecular complexity index is 1190. The molecule has 0 bridgehead atoms. The van der Waals surface area contributed by atoms with Crippen molar-refractivity contribution in [1.82, 2.24) is 5.32 Å². The molecule has 0 saturated carbocycles. The van der Waals surface area contributed by atoms with Gasteiger partial charge in [-0.3, -0.25) is 14.5 Å². The number of nitrogens with one attached hydrogen (secondary N) is 1. The van der Waals surface area contributed by atoms with Gasteiger partial charge < -0.3 is 19.9 Å². The first kappa shape index (κ1) is 28.0. The lowest BCUT2D eigenvalue weighted by Crippen LogP contribution is -2.38. The molecule has 0 fully saturated rings. The third-order valence-electron chi connectivity index (χ3n) is 5.46. The number of benzene rings is 2. The van der Waals surface area contributed by atoms with Crippen LogP contribution in [0.3, 0.4) is 0 Å². The van der Waals surface area contributed by atoms with E-state index in [0.29, 0.717) is 17.9 Å². The van der Waals surface area contributed by atoms with Crippen molar-refractivity contribution in [3.63, 3.8) is 0 Å². The molecule has 2 N–H and O–H groups in total. The van der Waals surface area contributed by atoms with Gasteiger partial charge in [0.2, 0.25) is 5.91 Å². The van der Waals surface area contributed by atoms with Crippen LogP contribution in [-0.4, -0.2) is 47.1 Å². The molecular weight excluding hydrogens is 504 g/mol. The molecule has 11 heteroatoms. The average Bonchev–Trinajstić information content (AvgIpc) is 3.15. The van der Waals surface area contributed by atoms with Gasteiger partial charge in [-0.05, 0) is 67.8 Å². The molecule has 0 aliphatic carbocycles. The SMILES string of the molecule is CCOc1cc(/C=C2\N=C(SCC(=O)NC(C)C(C)C)N(c3ccc(OC(F)F)cc3)C2=O)ccc1O. The van der Waals surface area contributed by atoms with Crippen molar-refractivity contribution in [1.29, 1.82) is 0 Å². The molecule has 0 aromatic heterocycles. The number of carbonyl (C=O) groups excluding carboxylic acids is 2. The van der Waals surface area contributed by atoms with Crippen LogP contribution in [0.25, 0.3) is 6.08 Å². The summed E-state index contributed by atoms with van der Waals surface area (Å²) in [6, 6.07) is 10.2. The first-order chi connectivity index (χ1) is 17.6. The molecule has 2 aromatic carbocycles. The fourth-order valence-corrected chi connectivity index (χ4v) is 4.06. The standard InChI is InChI=1S/C26H29F2N3O5S/c1-5-35-22-13-17(6-11-21(22)32)12-20-24(34)31(18-7-9-19(10-8-18)36-25(27)28)26(30-20)37-14-23(33)29-16(4)15(2)3/h6-13,15-16,25,32H,5,14H2,1-4H3,(H,29,33)/b20-12-. The van der Waals surface area contributed by atoms with Crippen LogP contribution in [-0.2, 0) is 9.59 Å². The highest BCUT2D eigenvalue weighted by Crippen LogP contribution is 2.32. The second kappa shape index (κ2) is 12.6. The Balaban J connectivity index is 1.90. The molecule has 1 aliphatic rings. The molecule has 3 rings (SSSR count). The van der Waals surface area contributed by atoms with E-state index in [0.717, 1.165) is 11.8 Å². The van der Waals surface area contributed by atoms with Crippen molar-refractivity contribution in [2.75, 3.05) is 17.3 Å². The normalized spacial score (nSPS) is 15.4. The summed E-state index contributed by atoms with van der Waals surface area (Å²) in [4.78, 5) is 31.6. The van der Waals surface area contributed by atoms with Crippen molar-refractivity contribution in [3.05, 3.63) is 53.7 Å². The van der Waals surface area contributed by atoms with Crippen molar-refractivity contribution < 1.29 is 33.0 Å². The van der Waals surface area contributed by atoms with Gasteiger partial charge in [0.25, 0.3) is 5.91 Å². The van der Waals surface area contributed by atoms with E-state index in [2.05, 4.69) is 15.0 Å². The molecule has 1 atom stereocenters. The summed E-state index contributed by atoms with van der Waals surface area (Å²) in [5.41, 5.74) is 1.04. The zero-order valence-corrected chi connectivity index (χ0v) is 21.7. The van der Waals surface area contributed by atoms with Gasteiger partial charge in [0, 0.05) is 6.04 Å². The van der Waals surface area contributed by atoms with E-state index in [9.17, 15) is 23.5 Å². The number of amides is 2. The monoisotopic (exact) mass is 533 g/mol. The number of hydrogen-bond donors (Lipinski definition) is 2. The molecular formula is C26H29F2N3O5S. The van der Waals surface area contributed by atoms with E-state index in [1.54, 1.807) is 25.1 Å². The Morgan fingerprint density at radius 1 is 1.19 bits per heavy atom. The number of aromatic hydroxyl groups is 1. The molecule has 2 amide bonds. The number of nitrogens with zero attached hydrogens (tertiary/aromatic N) is 2. The van der Waals surface area contributed by atoms with E-state index in [1.807, 2.05) is 20.8 Å². The number of ether oxygens (including phenoxy) is 2. The topological polar surface area (TPSA) is 100 Å². The number of phenolic OH excluding ortho intramolecular Hbond substituents is 1. The number of halogens is 2. The summed E-state index contributed by atoms with van der Waals surface area (Å²) < 4.78 is 34.9. The summed E-state index contributed by atoms with van der Waals surface area (Å²) in [6.45, 7) is 5.07. The van der Waals surface area contributed by atoms with Crippen molar-refractivity contribution in [3.8, 4) is 17.2 Å². The van der Waals surface area contributed by atoms with Crippen LogP contribution in [0.2, 0.25) is 0 Å². The molecule has 0 saturated heterocycles. The zero-order valence-electron chi connectivity index (χ0n) is 20.9. The summed E-state index contributed by atoms with van der Waals surface area (Å²) in [5.74, 6) is -0.216. The quantitative estimate of drug-likeness (QED) is 0.416. The largest absolute Gasteiger partial charge is 0.504 e. The average molecular weight is 534 g/mol. The number of carbonyl (C=O) groups is 2. The molecule has 0 radical (unpaired) electrons. The summed E-state index contributed by atoms with van der Waals surface area (Å²) >= 11 is 1.08. The highest BCUT2D eigenvalue weighted by atomic mass is 32.2. The van der Waals surface area contributed by atoms with E-state index in [-0.39, 0.29) is 51.7 Å². The molecule has 2 aromatic rings. The van der Waals surface area contributed by atoms with Crippen LogP contribution >= 0.6 is 11.8 Å². The Labute approximate surface area is 218 Å². The molecule has 8 nitrogen and oxygen atoms in total. The van der Waals surface area contributed by atoms with Gasteiger partial charge in [0.05, 0.1) is 18.0 Å². The molecule has 1 unspecified atom stereocenters. The first-order valence-corrected chi connectivity index (χ1v) is 12.6. The number of hydrogen-bond acceptors (Lipinski definition) is 7. The van der Waals surface area contributed by atoms with Crippen molar-refractivity contribution in [2.45, 2.75) is 40.3 Å². The number of alkyl halides is 2. The lowest BCUT2D eigenvalue weighted by Gasteiger charge is -2.19. The minimum absolute atomic E-state index is 0.0211. The lowest BCUT2D eigenvalue weighted by molar-refractivity contribution is -0.119. The Kier molecular flexibility index (Phi) is 9.51. The van der Waals surface area contributed by atoms with Crippen LogP contribution in [0.15, 0.2) is 53.2 Å². The molecule has 0 spiro atoms. The van der Waals surface area contributed by atoms with Crippen LogP contribution in [0.5, 0.6) is 17.2 Å². The number of phenols is 1. The maximum Gasteiger partial charge on any atom is 0.387 e. The van der Waals surface area contributed by atoms with Crippen LogP contribution in [0, 0.1) is 5.92 Å². The van der Waals surface area contributed by atoms with E-state index in [1.165, 1.54) is 35.2 Å². The Hall–Kier alpha value is -3.60. The zero-order chi connectivity index (χ0) is 27.1. The molecule has 1 aliphatic heterocycles. The van der Waals surface area contributed by atoms with Gasteiger partial charge in [0.1, 0.15) is 11.4 Å². The third kappa shape index (κ3) is 7.45. The molecule has 37 heavy (non-hydrogen) atoms. The van der Waals surface area contributed by atoms with Crippen LogP contribution in [0.4, 0.5) is 14.5 Å². The van der Waals surface area contributed by atoms with Gasteiger partial charge in [0.15, 0.2) is 16.7 Å². The van der Waals surface area contributed by atoms with E-state index in [4.69, 9.17) is 4.74 Å². The second-order valence-corrected chi connectivity index (χ2v) is 9.43.